The van der Waals surface area contributed by atoms with Crippen molar-refractivity contribution in [3.05, 3.63) is 28.8 Å². The average molecular weight is 292 g/mol. The highest BCUT2D eigenvalue weighted by molar-refractivity contribution is 7.15. The number of aromatic nitrogens is 1. The Bertz CT molecular complexity index is 594. The van der Waals surface area contributed by atoms with Crippen molar-refractivity contribution in [2.24, 2.45) is 5.73 Å². The minimum absolute atomic E-state index is 0.0117. The van der Waals surface area contributed by atoms with E-state index < -0.39 is 0 Å². The maximum Gasteiger partial charge on any atom is 0.171 e. The second-order valence-corrected chi connectivity index (χ2v) is 5.56. The van der Waals surface area contributed by atoms with E-state index in [1.165, 1.54) is 0 Å². The van der Waals surface area contributed by atoms with Crippen molar-refractivity contribution < 1.29 is 9.47 Å². The first-order valence-corrected chi connectivity index (χ1v) is 7.43. The van der Waals surface area contributed by atoms with E-state index in [-0.39, 0.29) is 6.04 Å². The van der Waals surface area contributed by atoms with E-state index in [0.29, 0.717) is 6.61 Å². The minimum Gasteiger partial charge on any atom is -0.493 e. The van der Waals surface area contributed by atoms with Gasteiger partial charge in [-0.3, -0.25) is 0 Å². The van der Waals surface area contributed by atoms with Crippen LogP contribution in [0, 0.1) is 6.92 Å². The lowest BCUT2D eigenvalue weighted by atomic mass is 10.2. The van der Waals surface area contributed by atoms with E-state index in [1.54, 1.807) is 18.4 Å². The van der Waals surface area contributed by atoms with Crippen LogP contribution in [0.15, 0.2) is 18.2 Å². The molecule has 1 heterocycles. The molecule has 0 bridgehead atoms. The molecule has 4 nitrogen and oxygen atoms in total. The molecular formula is C15H20N2O2S. The summed E-state index contributed by atoms with van der Waals surface area (Å²) in [7, 11) is 1.64. The van der Waals surface area contributed by atoms with Gasteiger partial charge in [0.25, 0.3) is 0 Å². The number of nitrogens with zero attached hydrogens (tertiary/aromatic N) is 1. The van der Waals surface area contributed by atoms with Crippen molar-refractivity contribution >= 4 is 11.3 Å². The first-order chi connectivity index (χ1) is 9.58. The largest absolute Gasteiger partial charge is 0.493 e. The number of rotatable bonds is 5. The summed E-state index contributed by atoms with van der Waals surface area (Å²) in [5, 5.41) is 0.914. The highest BCUT2D eigenvalue weighted by Gasteiger charge is 2.18. The van der Waals surface area contributed by atoms with Crippen molar-refractivity contribution in [1.29, 1.82) is 0 Å². The molecule has 2 aromatic rings. The molecule has 0 radical (unpaired) electrons. The third kappa shape index (κ3) is 2.78. The number of hydrogen-bond acceptors (Lipinski definition) is 5. The number of ether oxygens (including phenoxy) is 2. The average Bonchev–Trinajstić information content (AvgIpc) is 2.81. The van der Waals surface area contributed by atoms with Crippen LogP contribution in [0.25, 0.3) is 10.6 Å². The molecule has 2 N–H and O–H groups in total. The number of para-hydroxylation sites is 1. The molecule has 5 heteroatoms. The van der Waals surface area contributed by atoms with Crippen LogP contribution in [-0.2, 0) is 0 Å². The van der Waals surface area contributed by atoms with Crippen LogP contribution >= 0.6 is 11.3 Å². The van der Waals surface area contributed by atoms with Crippen LogP contribution < -0.4 is 15.2 Å². The van der Waals surface area contributed by atoms with Crippen molar-refractivity contribution in [3.8, 4) is 22.1 Å². The first-order valence-electron chi connectivity index (χ1n) is 6.61. The Morgan fingerprint density at radius 1 is 1.40 bits per heavy atom. The summed E-state index contributed by atoms with van der Waals surface area (Å²) in [4.78, 5) is 5.73. The standard InChI is InChI=1S/C15H20N2O2S/c1-5-19-13-11(7-6-8-12(13)18-4)15-17-10(3)14(20-15)9(2)16/h6-9H,5,16H2,1-4H3. The SMILES string of the molecule is CCOc1c(OC)cccc1-c1nc(C)c(C(C)N)s1. The summed E-state index contributed by atoms with van der Waals surface area (Å²) >= 11 is 1.61. The zero-order valence-electron chi connectivity index (χ0n) is 12.3. The van der Waals surface area contributed by atoms with Crippen molar-refractivity contribution in [1.82, 2.24) is 4.98 Å². The topological polar surface area (TPSA) is 57.4 Å². The Hall–Kier alpha value is -1.59. The van der Waals surface area contributed by atoms with E-state index in [0.717, 1.165) is 32.6 Å². The van der Waals surface area contributed by atoms with Gasteiger partial charge in [-0.1, -0.05) is 6.07 Å². The Labute approximate surface area is 123 Å². The molecule has 1 aromatic carbocycles. The van der Waals surface area contributed by atoms with E-state index >= 15 is 0 Å². The van der Waals surface area contributed by atoms with Gasteiger partial charge in [0.15, 0.2) is 11.5 Å². The van der Waals surface area contributed by atoms with Gasteiger partial charge in [-0.05, 0) is 32.9 Å². The lowest BCUT2D eigenvalue weighted by Crippen LogP contribution is -2.03. The fraction of sp³-hybridized carbons (Fsp3) is 0.400. The molecule has 0 fully saturated rings. The number of nitrogens with two attached hydrogens (primary N) is 1. The molecule has 0 amide bonds. The van der Waals surface area contributed by atoms with Crippen LogP contribution in [0.1, 0.15) is 30.5 Å². The second-order valence-electron chi connectivity index (χ2n) is 4.53. The molecular weight excluding hydrogens is 272 g/mol. The molecule has 0 aliphatic rings. The normalized spacial score (nSPS) is 12.2. The summed E-state index contributed by atoms with van der Waals surface area (Å²) in [6.07, 6.45) is 0. The van der Waals surface area contributed by atoms with Gasteiger partial charge in [0.2, 0.25) is 0 Å². The summed E-state index contributed by atoms with van der Waals surface area (Å²) in [5.74, 6) is 1.46. The molecule has 0 saturated heterocycles. The van der Waals surface area contributed by atoms with Gasteiger partial charge in [0.1, 0.15) is 5.01 Å². The van der Waals surface area contributed by atoms with Crippen LogP contribution in [0.3, 0.4) is 0 Å². The number of thiazole rings is 1. The zero-order valence-corrected chi connectivity index (χ0v) is 13.1. The molecule has 1 unspecified atom stereocenters. The second kappa shape index (κ2) is 6.24. The summed E-state index contributed by atoms with van der Waals surface area (Å²) in [5.41, 5.74) is 7.90. The Morgan fingerprint density at radius 3 is 2.70 bits per heavy atom. The van der Waals surface area contributed by atoms with Gasteiger partial charge >= 0.3 is 0 Å². The quantitative estimate of drug-likeness (QED) is 0.915. The molecule has 0 saturated carbocycles. The monoisotopic (exact) mass is 292 g/mol. The van der Waals surface area contributed by atoms with Crippen LogP contribution in [0.2, 0.25) is 0 Å². The lowest BCUT2D eigenvalue weighted by Gasteiger charge is -2.12. The minimum atomic E-state index is -0.0117. The van der Waals surface area contributed by atoms with Crippen molar-refractivity contribution in [2.45, 2.75) is 26.8 Å². The van der Waals surface area contributed by atoms with Crippen LogP contribution in [0.4, 0.5) is 0 Å². The Balaban J connectivity index is 2.54. The molecule has 108 valence electrons. The van der Waals surface area contributed by atoms with Crippen molar-refractivity contribution in [2.75, 3.05) is 13.7 Å². The van der Waals surface area contributed by atoms with Gasteiger partial charge in [-0.25, -0.2) is 4.98 Å². The third-order valence-corrected chi connectivity index (χ3v) is 4.36. The fourth-order valence-corrected chi connectivity index (χ4v) is 3.12. The predicted molar refractivity (Wildman–Crippen MR) is 82.6 cm³/mol. The van der Waals surface area contributed by atoms with Gasteiger partial charge < -0.3 is 15.2 Å². The lowest BCUT2D eigenvalue weighted by molar-refractivity contribution is 0.312. The third-order valence-electron chi connectivity index (χ3n) is 2.96. The van der Waals surface area contributed by atoms with E-state index in [4.69, 9.17) is 15.2 Å². The van der Waals surface area contributed by atoms with E-state index in [2.05, 4.69) is 4.98 Å². The molecule has 0 aliphatic heterocycles. The summed E-state index contributed by atoms with van der Waals surface area (Å²) in [6, 6.07) is 5.82. The Morgan fingerprint density at radius 2 is 2.15 bits per heavy atom. The van der Waals surface area contributed by atoms with E-state index in [9.17, 15) is 0 Å². The number of hydrogen-bond donors (Lipinski definition) is 1. The molecule has 1 aromatic heterocycles. The van der Waals surface area contributed by atoms with Gasteiger partial charge in [-0.15, -0.1) is 11.3 Å². The molecule has 1 atom stereocenters. The molecule has 20 heavy (non-hydrogen) atoms. The van der Waals surface area contributed by atoms with E-state index in [1.807, 2.05) is 39.0 Å². The zero-order chi connectivity index (χ0) is 14.7. The van der Waals surface area contributed by atoms with Gasteiger partial charge in [0.05, 0.1) is 25.0 Å². The smallest absolute Gasteiger partial charge is 0.171 e. The predicted octanol–water partition coefficient (Wildman–Crippen LogP) is 3.55. The van der Waals surface area contributed by atoms with Crippen molar-refractivity contribution in [3.63, 3.8) is 0 Å². The summed E-state index contributed by atoms with van der Waals surface area (Å²) in [6.45, 7) is 6.49. The number of methoxy groups -OCH3 is 1. The highest BCUT2D eigenvalue weighted by Crippen LogP contribution is 2.41. The van der Waals surface area contributed by atoms with Crippen LogP contribution in [0.5, 0.6) is 11.5 Å². The number of benzene rings is 1. The first kappa shape index (κ1) is 14.8. The highest BCUT2D eigenvalue weighted by atomic mass is 32.1. The fourth-order valence-electron chi connectivity index (χ4n) is 2.08. The maximum atomic E-state index is 5.97. The van der Waals surface area contributed by atoms with Crippen LogP contribution in [-0.4, -0.2) is 18.7 Å². The number of aryl methyl sites for hydroxylation is 1. The maximum absolute atomic E-state index is 5.97. The summed E-state index contributed by atoms with van der Waals surface area (Å²) < 4.78 is 11.1. The molecule has 0 spiro atoms. The van der Waals surface area contributed by atoms with Gasteiger partial charge in [0, 0.05) is 10.9 Å². The molecule has 0 aliphatic carbocycles. The van der Waals surface area contributed by atoms with Gasteiger partial charge in [-0.2, -0.15) is 0 Å². The molecule has 2 rings (SSSR count). The Kier molecular flexibility index (Phi) is 4.62.